The van der Waals surface area contributed by atoms with Crippen LogP contribution in [0, 0.1) is 0 Å². The smallest absolute Gasteiger partial charge is 0.414 e. The Bertz CT molecular complexity index is 1000. The molecule has 3 rings (SSSR count). The van der Waals surface area contributed by atoms with Crippen LogP contribution in [0.5, 0.6) is 0 Å². The van der Waals surface area contributed by atoms with Gasteiger partial charge in [-0.05, 0) is 63.0 Å². The first-order chi connectivity index (χ1) is 20.1. The monoisotopic (exact) mass is 606 g/mol. The zero-order valence-corrected chi connectivity index (χ0v) is 25.8. The molecule has 0 aliphatic heterocycles. The lowest BCUT2D eigenvalue weighted by atomic mass is 9.88. The van der Waals surface area contributed by atoms with Crippen molar-refractivity contribution in [1.29, 1.82) is 0 Å². The predicted molar refractivity (Wildman–Crippen MR) is 164 cm³/mol. The molecule has 0 radical (unpaired) electrons. The van der Waals surface area contributed by atoms with Crippen LogP contribution in [0.4, 0.5) is 5.69 Å². The van der Waals surface area contributed by atoms with Crippen molar-refractivity contribution >= 4 is 35.3 Å². The Labute approximate surface area is 254 Å². The van der Waals surface area contributed by atoms with Crippen LogP contribution < -0.4 is 5.32 Å². The molecule has 242 valence electrons. The number of carbonyl (C=O) groups excluding carboxylic acids is 3. The van der Waals surface area contributed by atoms with Gasteiger partial charge in [0.05, 0.1) is 0 Å². The summed E-state index contributed by atoms with van der Waals surface area (Å²) in [6.45, 7) is 8.91. The number of carboxylic acid groups (broad SMARTS) is 2. The molecule has 5 N–H and O–H groups in total. The Morgan fingerprint density at radius 2 is 1.23 bits per heavy atom. The molecule has 2 saturated carbocycles. The fourth-order valence-corrected chi connectivity index (χ4v) is 5.81. The highest BCUT2D eigenvalue weighted by Crippen LogP contribution is 2.30. The first kappa shape index (κ1) is 37.5. The summed E-state index contributed by atoms with van der Waals surface area (Å²) in [6, 6.07) is 7.59. The number of nitrogens with one attached hydrogen (secondary N) is 1. The molecule has 1 aromatic rings. The zero-order valence-electron chi connectivity index (χ0n) is 25.8. The third-order valence-electron chi connectivity index (χ3n) is 8.05. The topological polar surface area (TPSA) is 179 Å². The van der Waals surface area contributed by atoms with Gasteiger partial charge in [-0.15, -0.1) is 0 Å². The van der Waals surface area contributed by atoms with Crippen molar-refractivity contribution in [2.45, 2.75) is 97.1 Å². The van der Waals surface area contributed by atoms with Crippen LogP contribution in [0.2, 0.25) is 0 Å². The molecule has 2 aliphatic carbocycles. The van der Waals surface area contributed by atoms with Crippen LogP contribution in [0.1, 0.15) is 95.3 Å². The third kappa shape index (κ3) is 12.7. The lowest BCUT2D eigenvalue weighted by Gasteiger charge is -2.42. The van der Waals surface area contributed by atoms with Gasteiger partial charge in [-0.1, -0.05) is 52.4 Å². The molecule has 12 heteroatoms. The molecule has 0 saturated heterocycles. The van der Waals surface area contributed by atoms with Crippen LogP contribution in [-0.2, 0) is 19.2 Å². The first-order valence-corrected chi connectivity index (χ1v) is 15.2. The summed E-state index contributed by atoms with van der Waals surface area (Å²) in [5.74, 6) is -3.82. The molecule has 0 atom stereocenters. The number of hydrogen-bond acceptors (Lipinski definition) is 6. The second-order valence-corrected chi connectivity index (χ2v) is 11.0. The van der Waals surface area contributed by atoms with Gasteiger partial charge in [0, 0.05) is 43.3 Å². The minimum absolute atomic E-state index is 0. The minimum atomic E-state index is -1.82. The van der Waals surface area contributed by atoms with E-state index in [-0.39, 0.29) is 29.7 Å². The van der Waals surface area contributed by atoms with Gasteiger partial charge in [-0.25, -0.2) is 9.59 Å². The van der Waals surface area contributed by atoms with E-state index in [9.17, 15) is 14.4 Å². The van der Waals surface area contributed by atoms with E-state index >= 15 is 0 Å². The lowest BCUT2D eigenvalue weighted by molar-refractivity contribution is -0.159. The molecular weight excluding hydrogens is 556 g/mol. The van der Waals surface area contributed by atoms with E-state index in [2.05, 4.69) is 29.0 Å². The van der Waals surface area contributed by atoms with Crippen molar-refractivity contribution in [1.82, 2.24) is 14.7 Å². The maximum absolute atomic E-state index is 13.9. The molecule has 1 aromatic carbocycles. The van der Waals surface area contributed by atoms with Gasteiger partial charge < -0.3 is 35.7 Å². The molecule has 0 heterocycles. The van der Waals surface area contributed by atoms with Crippen LogP contribution >= 0.6 is 0 Å². The average Bonchev–Trinajstić information content (AvgIpc) is 2.98. The molecule has 2 fully saturated rings. The molecule has 0 bridgehead atoms. The second kappa shape index (κ2) is 19.6. The van der Waals surface area contributed by atoms with Gasteiger partial charge in [-0.3, -0.25) is 14.4 Å². The van der Waals surface area contributed by atoms with Gasteiger partial charge >= 0.3 is 11.9 Å². The fraction of sp³-hybridized carbons (Fsp3) is 0.645. The highest BCUT2D eigenvalue weighted by Gasteiger charge is 2.34. The largest absolute Gasteiger partial charge is 0.473 e. The van der Waals surface area contributed by atoms with Crippen molar-refractivity contribution in [2.24, 2.45) is 0 Å². The minimum Gasteiger partial charge on any atom is -0.473 e. The molecule has 0 aromatic heterocycles. The van der Waals surface area contributed by atoms with Crippen LogP contribution in [0.3, 0.4) is 0 Å². The van der Waals surface area contributed by atoms with Gasteiger partial charge in [0.15, 0.2) is 0 Å². The molecule has 2 aliphatic rings. The average molecular weight is 607 g/mol. The Balaban J connectivity index is 0.00000120. The van der Waals surface area contributed by atoms with Gasteiger partial charge in [0.2, 0.25) is 11.8 Å². The van der Waals surface area contributed by atoms with E-state index in [0.29, 0.717) is 29.9 Å². The normalized spacial score (nSPS) is 15.3. The highest BCUT2D eigenvalue weighted by atomic mass is 16.4. The number of benzene rings is 1. The van der Waals surface area contributed by atoms with E-state index in [1.807, 2.05) is 0 Å². The number of anilines is 1. The number of rotatable bonds is 11. The van der Waals surface area contributed by atoms with Crippen molar-refractivity contribution in [3.63, 3.8) is 0 Å². The SMILES string of the molecule is CCN(CC)CCN(CC(=O)N(C1CCCCC1)C1CCCCC1)C(=O)c1ccc(NC(C)=O)cc1.O.O=C(O)C(=O)O. The van der Waals surface area contributed by atoms with Gasteiger partial charge in [0.1, 0.15) is 6.54 Å². The lowest BCUT2D eigenvalue weighted by Crippen LogP contribution is -2.53. The Morgan fingerprint density at radius 1 is 0.767 bits per heavy atom. The summed E-state index contributed by atoms with van der Waals surface area (Å²) >= 11 is 0. The van der Waals surface area contributed by atoms with Gasteiger partial charge in [0.25, 0.3) is 5.91 Å². The highest BCUT2D eigenvalue weighted by molar-refractivity contribution is 6.27. The summed E-state index contributed by atoms with van der Waals surface area (Å²) in [5, 5.41) is 17.5. The molecule has 12 nitrogen and oxygen atoms in total. The summed E-state index contributed by atoms with van der Waals surface area (Å²) < 4.78 is 0. The standard InChI is InChI=1S/C29H46N4O3.C2H2O4.H2O/c1-4-31(5-2)20-21-32(29(36)24-16-18-25(19-17-24)30-23(3)34)22-28(35)33(26-12-8-6-9-13-26)27-14-10-7-11-15-27;3-1(4)2(5)6;/h16-19,26-27H,4-15,20-22H2,1-3H3,(H,30,34);(H,3,4)(H,5,6);1H2. The van der Waals surface area contributed by atoms with Crippen molar-refractivity contribution in [2.75, 3.05) is 38.0 Å². The fourth-order valence-electron chi connectivity index (χ4n) is 5.81. The maximum Gasteiger partial charge on any atom is 0.414 e. The van der Waals surface area contributed by atoms with Crippen molar-refractivity contribution in [3.05, 3.63) is 29.8 Å². The maximum atomic E-state index is 13.9. The van der Waals surface area contributed by atoms with Crippen LogP contribution in [0.25, 0.3) is 0 Å². The number of likely N-dealkylation sites (N-methyl/N-ethyl adjacent to an activating group) is 1. The molecule has 0 unspecified atom stereocenters. The van der Waals surface area contributed by atoms with E-state index in [1.165, 1.54) is 45.4 Å². The number of aliphatic carboxylic acids is 2. The summed E-state index contributed by atoms with van der Waals surface area (Å²) in [6.07, 6.45) is 11.6. The molecule has 0 spiro atoms. The summed E-state index contributed by atoms with van der Waals surface area (Å²) in [5.41, 5.74) is 1.20. The third-order valence-corrected chi connectivity index (χ3v) is 8.05. The Kier molecular flexibility index (Phi) is 17.1. The summed E-state index contributed by atoms with van der Waals surface area (Å²) in [4.78, 5) is 63.3. The van der Waals surface area contributed by atoms with Crippen molar-refractivity contribution < 1.29 is 39.7 Å². The number of amides is 3. The van der Waals surface area contributed by atoms with Crippen LogP contribution in [0.15, 0.2) is 24.3 Å². The molecular formula is C31H50N4O8. The van der Waals surface area contributed by atoms with Gasteiger partial charge in [-0.2, -0.15) is 0 Å². The quantitative estimate of drug-likeness (QED) is 0.321. The predicted octanol–water partition coefficient (Wildman–Crippen LogP) is 3.25. The van der Waals surface area contributed by atoms with E-state index in [4.69, 9.17) is 19.8 Å². The number of carboxylic acids is 2. The Hall–Kier alpha value is -3.51. The number of hydrogen-bond donors (Lipinski definition) is 3. The first-order valence-electron chi connectivity index (χ1n) is 15.2. The van der Waals surface area contributed by atoms with E-state index in [1.54, 1.807) is 29.2 Å². The van der Waals surface area contributed by atoms with E-state index in [0.717, 1.165) is 45.3 Å². The molecule has 3 amide bonds. The second-order valence-electron chi connectivity index (χ2n) is 11.0. The van der Waals surface area contributed by atoms with Crippen LogP contribution in [-0.4, -0.2) is 105 Å². The zero-order chi connectivity index (χ0) is 31.1. The number of nitrogens with zero attached hydrogens (tertiary/aromatic N) is 3. The van der Waals surface area contributed by atoms with Crippen molar-refractivity contribution in [3.8, 4) is 0 Å². The number of carbonyl (C=O) groups is 5. The Morgan fingerprint density at radius 3 is 1.63 bits per heavy atom. The summed E-state index contributed by atoms with van der Waals surface area (Å²) in [7, 11) is 0. The van der Waals surface area contributed by atoms with E-state index < -0.39 is 11.9 Å². The molecule has 43 heavy (non-hydrogen) atoms.